The van der Waals surface area contributed by atoms with Gasteiger partial charge in [-0.05, 0) is 11.6 Å². The van der Waals surface area contributed by atoms with Crippen molar-refractivity contribution in [3.05, 3.63) is 42.5 Å². The number of anilines is 2. The highest BCUT2D eigenvalue weighted by atomic mass is 16.6. The molecule has 27 heavy (non-hydrogen) atoms. The number of aromatic nitrogens is 4. The van der Waals surface area contributed by atoms with E-state index in [-0.39, 0.29) is 12.2 Å². The van der Waals surface area contributed by atoms with Gasteiger partial charge in [0.1, 0.15) is 30.2 Å². The number of aliphatic hydroxyl groups is 3. The Kier molecular flexibility index (Phi) is 4.19. The summed E-state index contributed by atoms with van der Waals surface area (Å²) in [5.74, 6) is 0.180. The predicted molar refractivity (Wildman–Crippen MR) is 96.2 cm³/mol. The van der Waals surface area contributed by atoms with Crippen LogP contribution in [0.3, 0.4) is 0 Å². The summed E-state index contributed by atoms with van der Waals surface area (Å²) in [4.78, 5) is 12.3. The van der Waals surface area contributed by atoms with Gasteiger partial charge >= 0.3 is 0 Å². The molecule has 1 aliphatic heterocycles. The van der Waals surface area contributed by atoms with E-state index in [1.807, 2.05) is 6.07 Å². The molecule has 3 heterocycles. The minimum atomic E-state index is -1.49. The van der Waals surface area contributed by atoms with Gasteiger partial charge in [-0.25, -0.2) is 15.0 Å². The molecule has 1 saturated heterocycles. The van der Waals surface area contributed by atoms with E-state index in [2.05, 4.69) is 15.0 Å². The maximum Gasteiger partial charge on any atom is 0.180 e. The van der Waals surface area contributed by atoms with E-state index >= 15 is 0 Å². The van der Waals surface area contributed by atoms with Gasteiger partial charge in [-0.15, -0.1) is 0 Å². The van der Waals surface area contributed by atoms with Crippen LogP contribution in [-0.4, -0.2) is 59.8 Å². The Morgan fingerprint density at radius 2 is 1.93 bits per heavy atom. The molecule has 0 aliphatic carbocycles. The van der Waals surface area contributed by atoms with Crippen LogP contribution in [0.4, 0.5) is 11.5 Å². The smallest absolute Gasteiger partial charge is 0.180 e. The zero-order valence-electron chi connectivity index (χ0n) is 14.3. The number of benzene rings is 1. The number of rotatable bonds is 4. The number of aliphatic hydroxyl groups excluding tert-OH is 3. The van der Waals surface area contributed by atoms with Crippen molar-refractivity contribution in [3.63, 3.8) is 0 Å². The Balaban J connectivity index is 1.91. The normalized spacial score (nSPS) is 28.0. The lowest BCUT2D eigenvalue weighted by molar-refractivity contribution is -0.145. The van der Waals surface area contributed by atoms with E-state index in [1.54, 1.807) is 18.2 Å². The molecule has 142 valence electrons. The summed E-state index contributed by atoms with van der Waals surface area (Å²) in [5.41, 5.74) is 12.3. The lowest BCUT2D eigenvalue weighted by Crippen LogP contribution is -2.47. The van der Waals surface area contributed by atoms with Gasteiger partial charge in [0.25, 0.3) is 0 Å². The van der Waals surface area contributed by atoms with Gasteiger partial charge in [0, 0.05) is 12.1 Å². The first-order chi connectivity index (χ1) is 13.0. The first-order valence-electron chi connectivity index (χ1n) is 8.40. The molecule has 0 bridgehead atoms. The van der Waals surface area contributed by atoms with Crippen LogP contribution in [0.15, 0.2) is 36.9 Å². The Bertz CT molecular complexity index is 979. The molecule has 10 heteroatoms. The van der Waals surface area contributed by atoms with E-state index in [9.17, 15) is 15.3 Å². The molecule has 0 spiro atoms. The van der Waals surface area contributed by atoms with Crippen LogP contribution in [0.2, 0.25) is 0 Å². The Morgan fingerprint density at radius 1 is 1.15 bits per heavy atom. The number of hydrogen-bond donors (Lipinski definition) is 5. The van der Waals surface area contributed by atoms with Crippen molar-refractivity contribution >= 4 is 22.7 Å². The minimum Gasteiger partial charge on any atom is -0.399 e. The number of nitrogens with zero attached hydrogens (tertiary/aromatic N) is 4. The maximum atomic E-state index is 10.9. The first kappa shape index (κ1) is 17.6. The summed E-state index contributed by atoms with van der Waals surface area (Å²) in [6, 6.07) is 7.14. The molecule has 0 radical (unpaired) electrons. The second-order valence-corrected chi connectivity index (χ2v) is 6.54. The fourth-order valence-corrected chi connectivity index (χ4v) is 3.55. The van der Waals surface area contributed by atoms with Gasteiger partial charge in [-0.3, -0.25) is 4.57 Å². The average Bonchev–Trinajstić information content (AvgIpc) is 3.20. The van der Waals surface area contributed by atoms with Crippen molar-refractivity contribution in [2.24, 2.45) is 0 Å². The number of nitrogens with two attached hydrogens (primary N) is 2. The quantitative estimate of drug-likeness (QED) is 0.361. The highest BCUT2D eigenvalue weighted by molar-refractivity contribution is 5.81. The molecule has 7 N–H and O–H groups in total. The third-order valence-corrected chi connectivity index (χ3v) is 4.97. The predicted octanol–water partition coefficient (Wildman–Crippen LogP) is -1.00. The Labute approximate surface area is 154 Å². The maximum absolute atomic E-state index is 10.9. The summed E-state index contributed by atoms with van der Waals surface area (Å²) in [6.07, 6.45) is -0.850. The van der Waals surface area contributed by atoms with E-state index in [0.29, 0.717) is 22.4 Å². The lowest BCUT2D eigenvalue weighted by atomic mass is 9.94. The number of para-hydroxylation sites is 1. The second-order valence-electron chi connectivity index (χ2n) is 6.54. The van der Waals surface area contributed by atoms with E-state index in [1.165, 1.54) is 17.2 Å². The minimum absolute atomic E-state index is 0.115. The number of imidazole rings is 1. The molecule has 0 unspecified atom stereocenters. The summed E-state index contributed by atoms with van der Waals surface area (Å²) >= 11 is 0. The summed E-state index contributed by atoms with van der Waals surface area (Å²) < 4.78 is 7.50. The Morgan fingerprint density at radius 3 is 2.63 bits per heavy atom. The monoisotopic (exact) mass is 372 g/mol. The van der Waals surface area contributed by atoms with Gasteiger partial charge in [0.05, 0.1) is 12.9 Å². The van der Waals surface area contributed by atoms with Gasteiger partial charge in [-0.2, -0.15) is 0 Å². The van der Waals surface area contributed by atoms with Crippen molar-refractivity contribution in [3.8, 4) is 0 Å². The molecule has 10 nitrogen and oxygen atoms in total. The van der Waals surface area contributed by atoms with Crippen LogP contribution in [0.25, 0.3) is 11.2 Å². The third-order valence-electron chi connectivity index (χ3n) is 4.97. The fraction of sp³-hybridized carbons (Fsp3) is 0.353. The Hall–Kier alpha value is -2.79. The molecule has 0 saturated carbocycles. The molecule has 0 amide bonds. The summed E-state index contributed by atoms with van der Waals surface area (Å²) in [5, 5.41) is 30.9. The topological polar surface area (TPSA) is 166 Å². The molecular formula is C17H20N6O4. The van der Waals surface area contributed by atoms with Crippen molar-refractivity contribution in [2.75, 3.05) is 18.1 Å². The highest BCUT2D eigenvalue weighted by Gasteiger charge is 2.56. The van der Waals surface area contributed by atoms with Gasteiger partial charge in [0.2, 0.25) is 0 Å². The second kappa shape index (κ2) is 6.43. The fourth-order valence-electron chi connectivity index (χ4n) is 3.55. The summed E-state index contributed by atoms with van der Waals surface area (Å²) in [7, 11) is 0. The third kappa shape index (κ3) is 2.61. The standard InChI is InChI=1S/C17H20N6O4/c18-10-4-2-1-3-9(10)5-17(14(26)13(25)11(6-24)27-17)23-8-22-12-15(19)20-7-21-16(12)23/h1-4,7-8,11,13-14,24-26H,5-6,18H2,(H2,19,20,21)/t11-,13-,14-,17-/m1/s1. The van der Waals surface area contributed by atoms with Gasteiger partial charge in [-0.1, -0.05) is 18.2 Å². The number of ether oxygens (including phenoxy) is 1. The van der Waals surface area contributed by atoms with Crippen LogP contribution in [0.5, 0.6) is 0 Å². The number of nitrogen functional groups attached to an aromatic ring is 2. The molecule has 4 rings (SSSR count). The molecular weight excluding hydrogens is 352 g/mol. The molecule has 1 aliphatic rings. The van der Waals surface area contributed by atoms with Crippen molar-refractivity contribution in [1.82, 2.24) is 19.5 Å². The highest BCUT2D eigenvalue weighted by Crippen LogP contribution is 2.41. The zero-order chi connectivity index (χ0) is 19.2. The van der Waals surface area contributed by atoms with E-state index < -0.39 is 30.6 Å². The van der Waals surface area contributed by atoms with Crippen molar-refractivity contribution < 1.29 is 20.1 Å². The number of fused-ring (bicyclic) bond motifs is 1. The molecule has 2 aromatic heterocycles. The van der Waals surface area contributed by atoms with E-state index in [0.717, 1.165) is 0 Å². The van der Waals surface area contributed by atoms with Crippen molar-refractivity contribution in [1.29, 1.82) is 0 Å². The van der Waals surface area contributed by atoms with Gasteiger partial charge < -0.3 is 31.5 Å². The van der Waals surface area contributed by atoms with Crippen molar-refractivity contribution in [2.45, 2.75) is 30.5 Å². The van der Waals surface area contributed by atoms with Gasteiger partial charge in [0.15, 0.2) is 17.2 Å². The molecule has 1 aromatic carbocycles. The lowest BCUT2D eigenvalue weighted by Gasteiger charge is -2.34. The van der Waals surface area contributed by atoms with Crippen LogP contribution in [0.1, 0.15) is 5.56 Å². The number of hydrogen-bond acceptors (Lipinski definition) is 9. The molecule has 1 fully saturated rings. The van der Waals surface area contributed by atoms with Crippen LogP contribution >= 0.6 is 0 Å². The van der Waals surface area contributed by atoms with E-state index in [4.69, 9.17) is 16.2 Å². The van der Waals surface area contributed by atoms with Crippen LogP contribution < -0.4 is 11.5 Å². The zero-order valence-corrected chi connectivity index (χ0v) is 14.3. The first-order valence-corrected chi connectivity index (χ1v) is 8.40. The van der Waals surface area contributed by atoms with Crippen LogP contribution in [-0.2, 0) is 16.9 Å². The largest absolute Gasteiger partial charge is 0.399 e. The summed E-state index contributed by atoms with van der Waals surface area (Å²) in [6.45, 7) is -0.464. The SMILES string of the molecule is Nc1ccccc1C[C@@]1(n2cnc3c(N)ncnc32)O[C@H](CO)[C@@H](O)[C@H]1O. The molecule has 3 aromatic rings. The molecule has 4 atom stereocenters. The van der Waals surface area contributed by atoms with Crippen LogP contribution in [0, 0.1) is 0 Å². The average molecular weight is 372 g/mol.